The Bertz CT molecular complexity index is 760. The van der Waals surface area contributed by atoms with Gasteiger partial charge in [0.15, 0.2) is 5.58 Å². The maximum absolute atomic E-state index is 11.5. The third-order valence-electron chi connectivity index (χ3n) is 2.55. The van der Waals surface area contributed by atoms with Gasteiger partial charge in [0.25, 0.3) is 5.56 Å². The second-order valence-electron chi connectivity index (χ2n) is 3.88. The minimum absolute atomic E-state index is 0.147. The average molecular weight is 242 g/mol. The molecule has 0 aliphatic rings. The molecule has 2 aromatic heterocycles. The van der Waals surface area contributed by atoms with E-state index >= 15 is 0 Å². The number of rotatable bonds is 2. The number of oxazole rings is 1. The summed E-state index contributed by atoms with van der Waals surface area (Å²) in [6.45, 7) is 0.251. The van der Waals surface area contributed by atoms with Crippen molar-refractivity contribution in [2.24, 2.45) is 0 Å². The maximum Gasteiger partial charge on any atom is 0.253 e. The van der Waals surface area contributed by atoms with Crippen LogP contribution in [0.3, 0.4) is 0 Å². The number of fused-ring (bicyclic) bond motifs is 1. The molecule has 1 aromatic carbocycles. The average Bonchev–Trinajstić information content (AvgIpc) is 2.73. The van der Waals surface area contributed by atoms with Crippen LogP contribution in [-0.2, 0) is 6.54 Å². The number of nitrogens with zero attached hydrogens (tertiary/aromatic N) is 3. The fraction of sp³-hybridized carbons (Fsp3) is 0.0833. The molecular weight excluding hydrogens is 232 g/mol. The van der Waals surface area contributed by atoms with E-state index < -0.39 is 0 Å². The van der Waals surface area contributed by atoms with Gasteiger partial charge in [0.05, 0.1) is 6.33 Å². The maximum atomic E-state index is 11.5. The Labute approximate surface area is 102 Å². The first kappa shape index (κ1) is 10.5. The highest BCUT2D eigenvalue weighted by Gasteiger charge is 2.07. The van der Waals surface area contributed by atoms with E-state index in [4.69, 9.17) is 10.2 Å². The predicted molar refractivity (Wildman–Crippen MR) is 66.0 cm³/mol. The first-order chi connectivity index (χ1) is 8.72. The van der Waals surface area contributed by atoms with Crippen molar-refractivity contribution in [1.82, 2.24) is 14.5 Å². The van der Waals surface area contributed by atoms with Crippen molar-refractivity contribution >= 4 is 16.8 Å². The quantitative estimate of drug-likeness (QED) is 0.678. The Balaban J connectivity index is 2.01. The Morgan fingerprint density at radius 1 is 1.33 bits per heavy atom. The number of benzene rings is 1. The summed E-state index contributed by atoms with van der Waals surface area (Å²) in [6, 6.07) is 6.63. The van der Waals surface area contributed by atoms with E-state index in [1.165, 1.54) is 23.2 Å². The Morgan fingerprint density at radius 3 is 3.06 bits per heavy atom. The lowest BCUT2D eigenvalue weighted by Gasteiger charge is -1.98. The molecule has 3 aromatic rings. The molecule has 0 saturated heterocycles. The standard InChI is InChI=1S/C12H10N4O2/c13-8-1-2-9-10(5-8)18-11(15-9)6-16-7-14-4-3-12(16)17/h1-5,7H,6,13H2. The van der Waals surface area contributed by atoms with Crippen LogP contribution in [0.1, 0.15) is 5.89 Å². The molecule has 6 nitrogen and oxygen atoms in total. The number of hydrogen-bond acceptors (Lipinski definition) is 5. The molecule has 0 spiro atoms. The zero-order valence-electron chi connectivity index (χ0n) is 9.41. The molecule has 0 saturated carbocycles. The number of nitrogens with two attached hydrogens (primary N) is 1. The summed E-state index contributed by atoms with van der Waals surface area (Å²) in [5.74, 6) is 0.450. The third-order valence-corrected chi connectivity index (χ3v) is 2.55. The van der Waals surface area contributed by atoms with Crippen LogP contribution in [0.25, 0.3) is 11.1 Å². The molecule has 18 heavy (non-hydrogen) atoms. The predicted octanol–water partition coefficient (Wildman–Crippen LogP) is 1.02. The van der Waals surface area contributed by atoms with Crippen molar-refractivity contribution in [3.05, 3.63) is 53.0 Å². The lowest BCUT2D eigenvalue weighted by molar-refractivity contribution is 0.502. The Kier molecular flexibility index (Phi) is 2.33. The first-order valence-electron chi connectivity index (χ1n) is 5.38. The van der Waals surface area contributed by atoms with Gasteiger partial charge < -0.3 is 10.2 Å². The summed E-state index contributed by atoms with van der Waals surface area (Å²) in [6.07, 6.45) is 2.90. The van der Waals surface area contributed by atoms with Crippen LogP contribution < -0.4 is 11.3 Å². The van der Waals surface area contributed by atoms with E-state index in [1.54, 1.807) is 18.2 Å². The fourth-order valence-electron chi connectivity index (χ4n) is 1.70. The first-order valence-corrected chi connectivity index (χ1v) is 5.38. The van der Waals surface area contributed by atoms with Gasteiger partial charge in [0.1, 0.15) is 12.1 Å². The normalized spacial score (nSPS) is 10.9. The summed E-state index contributed by atoms with van der Waals surface area (Å²) < 4.78 is 6.95. The molecule has 0 radical (unpaired) electrons. The largest absolute Gasteiger partial charge is 0.439 e. The van der Waals surface area contributed by atoms with Crippen molar-refractivity contribution < 1.29 is 4.42 Å². The van der Waals surface area contributed by atoms with E-state index in [1.807, 2.05) is 0 Å². The highest BCUT2D eigenvalue weighted by atomic mass is 16.3. The topological polar surface area (TPSA) is 86.9 Å². The lowest BCUT2D eigenvalue weighted by atomic mass is 10.3. The minimum atomic E-state index is -0.147. The van der Waals surface area contributed by atoms with Crippen LogP contribution in [0.5, 0.6) is 0 Å². The number of aromatic nitrogens is 3. The van der Waals surface area contributed by atoms with Crippen LogP contribution >= 0.6 is 0 Å². The summed E-state index contributed by atoms with van der Waals surface area (Å²) in [7, 11) is 0. The molecule has 90 valence electrons. The monoisotopic (exact) mass is 242 g/mol. The van der Waals surface area contributed by atoms with Gasteiger partial charge in [-0.1, -0.05) is 0 Å². The summed E-state index contributed by atoms with van der Waals surface area (Å²) in [5.41, 5.74) is 7.46. The van der Waals surface area contributed by atoms with Gasteiger partial charge in [-0.2, -0.15) is 0 Å². The molecule has 2 heterocycles. The van der Waals surface area contributed by atoms with E-state index in [0.29, 0.717) is 17.2 Å². The number of hydrogen-bond donors (Lipinski definition) is 1. The molecule has 0 fully saturated rings. The van der Waals surface area contributed by atoms with Gasteiger partial charge in [-0.3, -0.25) is 9.36 Å². The molecule has 0 aliphatic heterocycles. The summed E-state index contributed by atoms with van der Waals surface area (Å²) in [4.78, 5) is 19.7. The molecule has 0 atom stereocenters. The summed E-state index contributed by atoms with van der Waals surface area (Å²) in [5, 5.41) is 0. The molecule has 0 aliphatic carbocycles. The van der Waals surface area contributed by atoms with Gasteiger partial charge in [-0.25, -0.2) is 9.97 Å². The van der Waals surface area contributed by atoms with Gasteiger partial charge in [-0.05, 0) is 12.1 Å². The smallest absolute Gasteiger partial charge is 0.253 e. The molecule has 2 N–H and O–H groups in total. The highest BCUT2D eigenvalue weighted by molar-refractivity contribution is 5.76. The molecule has 0 amide bonds. The van der Waals surface area contributed by atoms with E-state index in [0.717, 1.165) is 5.52 Å². The van der Waals surface area contributed by atoms with Crippen LogP contribution in [0.2, 0.25) is 0 Å². The number of nitrogen functional groups attached to an aromatic ring is 1. The van der Waals surface area contributed by atoms with Gasteiger partial charge in [0, 0.05) is 24.0 Å². The SMILES string of the molecule is Nc1ccc2nc(Cn3cnccc3=O)oc2c1. The minimum Gasteiger partial charge on any atom is -0.439 e. The van der Waals surface area contributed by atoms with Crippen molar-refractivity contribution in [3.63, 3.8) is 0 Å². The zero-order chi connectivity index (χ0) is 12.5. The molecule has 0 bridgehead atoms. The third kappa shape index (κ3) is 1.84. The van der Waals surface area contributed by atoms with Crippen LogP contribution in [-0.4, -0.2) is 14.5 Å². The lowest BCUT2D eigenvalue weighted by Crippen LogP contribution is -2.19. The van der Waals surface area contributed by atoms with Crippen molar-refractivity contribution in [1.29, 1.82) is 0 Å². The highest BCUT2D eigenvalue weighted by Crippen LogP contribution is 2.18. The van der Waals surface area contributed by atoms with Crippen LogP contribution in [0, 0.1) is 0 Å². The van der Waals surface area contributed by atoms with E-state index in [9.17, 15) is 4.79 Å². The van der Waals surface area contributed by atoms with Gasteiger partial charge in [-0.15, -0.1) is 0 Å². The molecule has 0 unspecified atom stereocenters. The summed E-state index contributed by atoms with van der Waals surface area (Å²) >= 11 is 0. The van der Waals surface area contributed by atoms with E-state index in [2.05, 4.69) is 9.97 Å². The number of anilines is 1. The Morgan fingerprint density at radius 2 is 2.22 bits per heavy atom. The van der Waals surface area contributed by atoms with Crippen molar-refractivity contribution in [3.8, 4) is 0 Å². The zero-order valence-corrected chi connectivity index (χ0v) is 9.41. The Hall–Kier alpha value is -2.63. The van der Waals surface area contributed by atoms with Crippen molar-refractivity contribution in [2.75, 3.05) is 5.73 Å². The van der Waals surface area contributed by atoms with Gasteiger partial charge >= 0.3 is 0 Å². The molecule has 6 heteroatoms. The second kappa shape index (κ2) is 3.99. The fourth-order valence-corrected chi connectivity index (χ4v) is 1.70. The second-order valence-corrected chi connectivity index (χ2v) is 3.88. The van der Waals surface area contributed by atoms with Crippen molar-refractivity contribution in [2.45, 2.75) is 6.54 Å². The van der Waals surface area contributed by atoms with E-state index in [-0.39, 0.29) is 12.1 Å². The molecular formula is C12H10N4O2. The van der Waals surface area contributed by atoms with Crippen LogP contribution in [0.15, 0.2) is 46.0 Å². The van der Waals surface area contributed by atoms with Gasteiger partial charge in [0.2, 0.25) is 5.89 Å². The molecule has 3 rings (SSSR count). The van der Waals surface area contributed by atoms with Crippen LogP contribution in [0.4, 0.5) is 5.69 Å².